The Morgan fingerprint density at radius 2 is 1.78 bits per heavy atom. The van der Waals surface area contributed by atoms with Crippen LogP contribution < -0.4 is 20.3 Å². The number of pyridine rings is 1. The van der Waals surface area contributed by atoms with Crippen molar-refractivity contribution >= 4 is 28.8 Å². The normalized spacial score (nSPS) is 10.7. The van der Waals surface area contributed by atoms with E-state index in [0.29, 0.717) is 33.6 Å². The molecule has 4 rings (SSSR count). The highest BCUT2D eigenvalue weighted by atomic mass is 35.5. The number of benzene rings is 2. The van der Waals surface area contributed by atoms with Gasteiger partial charge in [0.2, 0.25) is 0 Å². The number of amides is 1. The maximum atomic E-state index is 12.4. The van der Waals surface area contributed by atoms with Gasteiger partial charge in [-0.2, -0.15) is 0 Å². The molecule has 0 saturated carbocycles. The largest absolute Gasteiger partial charge is 0.485 e. The maximum absolute atomic E-state index is 12.4. The van der Waals surface area contributed by atoms with Crippen LogP contribution in [-0.4, -0.2) is 21.9 Å². The number of anilines is 1. The Hall–Kier alpha value is -3.84. The lowest BCUT2D eigenvalue weighted by Gasteiger charge is -2.13. The molecule has 0 spiro atoms. The summed E-state index contributed by atoms with van der Waals surface area (Å²) < 4.78 is 12.8. The van der Waals surface area contributed by atoms with Gasteiger partial charge in [0.25, 0.3) is 11.5 Å². The predicted molar refractivity (Wildman–Crippen MR) is 123 cm³/mol. The van der Waals surface area contributed by atoms with Crippen molar-refractivity contribution in [3.63, 3.8) is 0 Å². The minimum Gasteiger partial charge on any atom is -0.485 e. The van der Waals surface area contributed by atoms with Crippen LogP contribution in [0.25, 0.3) is 5.65 Å². The first kappa shape index (κ1) is 21.4. The van der Waals surface area contributed by atoms with Gasteiger partial charge in [0.05, 0.1) is 16.4 Å². The number of aryl methyl sites for hydroxylation is 1. The highest BCUT2D eigenvalue weighted by molar-refractivity contribution is 6.32. The Morgan fingerprint density at radius 3 is 2.59 bits per heavy atom. The molecular formula is C24H20ClN3O4. The van der Waals surface area contributed by atoms with Crippen LogP contribution in [0.3, 0.4) is 0 Å². The highest BCUT2D eigenvalue weighted by Gasteiger charge is 2.11. The van der Waals surface area contributed by atoms with Gasteiger partial charge in [-0.3, -0.25) is 14.0 Å². The lowest BCUT2D eigenvalue weighted by atomic mass is 10.3. The van der Waals surface area contributed by atoms with Crippen LogP contribution in [0.5, 0.6) is 11.5 Å². The molecule has 2 heterocycles. The number of hydrogen-bond acceptors (Lipinski definition) is 5. The Kier molecular flexibility index (Phi) is 6.37. The van der Waals surface area contributed by atoms with Gasteiger partial charge < -0.3 is 14.8 Å². The van der Waals surface area contributed by atoms with E-state index in [4.69, 9.17) is 21.1 Å². The summed E-state index contributed by atoms with van der Waals surface area (Å²) in [6, 6.07) is 19.0. The maximum Gasteiger partial charge on any atom is 0.262 e. The molecule has 4 aromatic rings. The molecule has 0 bridgehead atoms. The van der Waals surface area contributed by atoms with E-state index in [9.17, 15) is 9.59 Å². The van der Waals surface area contributed by atoms with Gasteiger partial charge in [0.15, 0.2) is 6.61 Å². The van der Waals surface area contributed by atoms with Crippen LogP contribution in [0.15, 0.2) is 77.7 Å². The first-order valence-electron chi connectivity index (χ1n) is 9.87. The Bertz CT molecular complexity index is 1340. The van der Waals surface area contributed by atoms with Gasteiger partial charge >= 0.3 is 0 Å². The SMILES string of the molecule is Cc1ccc2nc(COc3ccccc3NC(=O)COc3ccccc3Cl)cc(=O)n2c1. The van der Waals surface area contributed by atoms with E-state index in [2.05, 4.69) is 10.3 Å². The van der Waals surface area contributed by atoms with Gasteiger partial charge in [0, 0.05) is 12.3 Å². The van der Waals surface area contributed by atoms with Crippen molar-refractivity contribution in [1.82, 2.24) is 9.38 Å². The summed E-state index contributed by atoms with van der Waals surface area (Å²) >= 11 is 6.04. The molecular weight excluding hydrogens is 430 g/mol. The second-order valence-corrected chi connectivity index (χ2v) is 7.48. The van der Waals surface area contributed by atoms with E-state index >= 15 is 0 Å². The van der Waals surface area contributed by atoms with Crippen molar-refractivity contribution in [3.05, 3.63) is 99.6 Å². The summed E-state index contributed by atoms with van der Waals surface area (Å²) in [5, 5.41) is 3.19. The molecule has 0 saturated heterocycles. The number of hydrogen-bond donors (Lipinski definition) is 1. The van der Waals surface area contributed by atoms with Crippen LogP contribution in [0.4, 0.5) is 5.69 Å². The van der Waals surface area contributed by atoms with Gasteiger partial charge in [-0.15, -0.1) is 0 Å². The first-order chi connectivity index (χ1) is 15.5. The summed E-state index contributed by atoms with van der Waals surface area (Å²) in [7, 11) is 0. The van der Waals surface area contributed by atoms with Crippen LogP contribution in [0.2, 0.25) is 5.02 Å². The smallest absolute Gasteiger partial charge is 0.262 e. The van der Waals surface area contributed by atoms with Gasteiger partial charge in [-0.1, -0.05) is 41.9 Å². The average molecular weight is 450 g/mol. The molecule has 0 fully saturated rings. The Balaban J connectivity index is 1.43. The van der Waals surface area contributed by atoms with E-state index in [1.807, 2.05) is 13.0 Å². The third-order valence-corrected chi connectivity index (χ3v) is 4.90. The summed E-state index contributed by atoms with van der Waals surface area (Å²) in [5.41, 5.74) is 2.29. The molecule has 0 unspecified atom stereocenters. The second kappa shape index (κ2) is 9.53. The van der Waals surface area contributed by atoms with Crippen LogP contribution in [0, 0.1) is 6.92 Å². The molecule has 1 N–H and O–H groups in total. The molecule has 0 aliphatic carbocycles. The number of aromatic nitrogens is 2. The van der Waals surface area contributed by atoms with Crippen LogP contribution in [-0.2, 0) is 11.4 Å². The number of para-hydroxylation sites is 3. The van der Waals surface area contributed by atoms with Gasteiger partial charge in [-0.05, 0) is 42.8 Å². The van der Waals surface area contributed by atoms with E-state index in [1.54, 1.807) is 60.8 Å². The Labute approximate surface area is 189 Å². The van der Waals surface area contributed by atoms with Crippen molar-refractivity contribution in [2.75, 3.05) is 11.9 Å². The van der Waals surface area contributed by atoms with Crippen LogP contribution >= 0.6 is 11.6 Å². The summed E-state index contributed by atoms with van der Waals surface area (Å²) in [6.07, 6.45) is 1.74. The van der Waals surface area contributed by atoms with Crippen molar-refractivity contribution in [1.29, 1.82) is 0 Å². The molecule has 162 valence electrons. The number of carbonyl (C=O) groups excluding carboxylic acids is 1. The molecule has 1 amide bonds. The standard InChI is InChI=1S/C24H20ClN3O4/c1-16-10-11-22-26-17(12-24(30)28(22)13-16)14-31-21-9-5-3-7-19(21)27-23(29)15-32-20-8-4-2-6-18(20)25/h2-13H,14-15H2,1H3,(H,27,29). The predicted octanol–water partition coefficient (Wildman–Crippen LogP) is 4.25. The van der Waals surface area contributed by atoms with E-state index in [-0.39, 0.29) is 24.7 Å². The molecule has 0 aliphatic rings. The van der Waals surface area contributed by atoms with Gasteiger partial charge in [0.1, 0.15) is 23.8 Å². The van der Waals surface area contributed by atoms with Gasteiger partial charge in [-0.25, -0.2) is 4.98 Å². The fourth-order valence-electron chi connectivity index (χ4n) is 3.07. The fourth-order valence-corrected chi connectivity index (χ4v) is 3.26. The molecule has 0 atom stereocenters. The number of ether oxygens (including phenoxy) is 2. The number of rotatable bonds is 7. The zero-order valence-corrected chi connectivity index (χ0v) is 18.0. The molecule has 7 nitrogen and oxygen atoms in total. The minimum atomic E-state index is -0.363. The van der Waals surface area contributed by atoms with Crippen molar-refractivity contribution < 1.29 is 14.3 Å². The Morgan fingerprint density at radius 1 is 1.03 bits per heavy atom. The molecule has 0 aliphatic heterocycles. The summed E-state index contributed by atoms with van der Waals surface area (Å²) in [5.74, 6) is 0.514. The lowest BCUT2D eigenvalue weighted by Crippen LogP contribution is -2.21. The average Bonchev–Trinajstić information content (AvgIpc) is 2.78. The molecule has 2 aromatic carbocycles. The first-order valence-corrected chi connectivity index (χ1v) is 10.3. The molecule has 0 radical (unpaired) electrons. The number of nitrogens with one attached hydrogen (secondary N) is 1. The number of halogens is 1. The monoisotopic (exact) mass is 449 g/mol. The van der Waals surface area contributed by atoms with Crippen molar-refractivity contribution in [2.45, 2.75) is 13.5 Å². The third-order valence-electron chi connectivity index (χ3n) is 4.59. The third kappa shape index (κ3) is 5.07. The topological polar surface area (TPSA) is 81.9 Å². The zero-order chi connectivity index (χ0) is 22.5. The number of nitrogens with zero attached hydrogens (tertiary/aromatic N) is 2. The minimum absolute atomic E-state index is 0.0720. The van der Waals surface area contributed by atoms with E-state index in [0.717, 1.165) is 5.56 Å². The van der Waals surface area contributed by atoms with Crippen molar-refractivity contribution in [3.8, 4) is 11.5 Å². The molecule has 8 heteroatoms. The highest BCUT2D eigenvalue weighted by Crippen LogP contribution is 2.25. The zero-order valence-electron chi connectivity index (χ0n) is 17.2. The number of carbonyl (C=O) groups is 1. The van der Waals surface area contributed by atoms with Crippen molar-refractivity contribution in [2.24, 2.45) is 0 Å². The summed E-state index contributed by atoms with van der Waals surface area (Å²) in [4.78, 5) is 29.2. The second-order valence-electron chi connectivity index (χ2n) is 7.07. The van der Waals surface area contributed by atoms with Crippen LogP contribution in [0.1, 0.15) is 11.3 Å². The fraction of sp³-hybridized carbons (Fsp3) is 0.125. The molecule has 32 heavy (non-hydrogen) atoms. The molecule has 2 aromatic heterocycles. The number of fused-ring (bicyclic) bond motifs is 1. The quantitative estimate of drug-likeness (QED) is 0.456. The van der Waals surface area contributed by atoms with E-state index in [1.165, 1.54) is 10.5 Å². The lowest BCUT2D eigenvalue weighted by molar-refractivity contribution is -0.118. The summed E-state index contributed by atoms with van der Waals surface area (Å²) in [6.45, 7) is 1.77. The van der Waals surface area contributed by atoms with E-state index < -0.39 is 0 Å².